The molecule has 0 unspecified atom stereocenters. The molecule has 2 nitrogen and oxygen atoms in total. The van der Waals surface area contributed by atoms with Gasteiger partial charge in [0, 0.05) is 19.1 Å². The fourth-order valence-corrected chi connectivity index (χ4v) is 3.51. The van der Waals surface area contributed by atoms with Gasteiger partial charge in [-0.05, 0) is 43.7 Å². The number of nitrogens with zero attached hydrogens (tertiary/aromatic N) is 1. The molecular weight excluding hydrogens is 222 g/mol. The quantitative estimate of drug-likeness (QED) is 0.822. The summed E-state index contributed by atoms with van der Waals surface area (Å²) in [6.07, 6.45) is 3.87. The van der Waals surface area contributed by atoms with Gasteiger partial charge < -0.3 is 5.11 Å². The van der Waals surface area contributed by atoms with Crippen LogP contribution < -0.4 is 0 Å². The average molecular weight is 245 g/mol. The summed E-state index contributed by atoms with van der Waals surface area (Å²) < 4.78 is 0. The van der Waals surface area contributed by atoms with Crippen molar-refractivity contribution in [1.29, 1.82) is 0 Å². The third-order valence-corrected chi connectivity index (χ3v) is 4.87. The highest BCUT2D eigenvalue weighted by Gasteiger charge is 2.39. The highest BCUT2D eigenvalue weighted by molar-refractivity contribution is 5.36. The average Bonchev–Trinajstić information content (AvgIpc) is 2.39. The maximum Gasteiger partial charge on any atom is 0.0675 e. The Morgan fingerprint density at radius 3 is 3.00 bits per heavy atom. The first-order chi connectivity index (χ1) is 8.61. The molecule has 2 atom stereocenters. The van der Waals surface area contributed by atoms with E-state index in [1.165, 1.54) is 16.7 Å². The zero-order valence-electron chi connectivity index (χ0n) is 11.4. The first-order valence-corrected chi connectivity index (χ1v) is 7.17. The van der Waals surface area contributed by atoms with E-state index in [9.17, 15) is 5.11 Å². The monoisotopic (exact) mass is 245 g/mol. The van der Waals surface area contributed by atoms with Crippen LogP contribution in [0.3, 0.4) is 0 Å². The lowest BCUT2D eigenvalue weighted by molar-refractivity contribution is -0.0529. The SMILES string of the molecule is CC[C@]1(O)CCN2CCc3ccc(C)cc3[C@@H]2C1. The van der Waals surface area contributed by atoms with E-state index in [2.05, 4.69) is 36.9 Å². The maximum atomic E-state index is 10.6. The molecular formula is C16H23NO. The van der Waals surface area contributed by atoms with Crippen LogP contribution in [-0.4, -0.2) is 28.7 Å². The molecule has 0 saturated carbocycles. The summed E-state index contributed by atoms with van der Waals surface area (Å²) in [4.78, 5) is 2.56. The second-order valence-corrected chi connectivity index (χ2v) is 6.04. The fraction of sp³-hybridized carbons (Fsp3) is 0.625. The summed E-state index contributed by atoms with van der Waals surface area (Å²) in [5.41, 5.74) is 3.84. The van der Waals surface area contributed by atoms with Crippen LogP contribution in [0.2, 0.25) is 0 Å². The van der Waals surface area contributed by atoms with Crippen LogP contribution in [0, 0.1) is 6.92 Å². The number of fused-ring (bicyclic) bond motifs is 3. The van der Waals surface area contributed by atoms with Crippen molar-refractivity contribution in [3.05, 3.63) is 34.9 Å². The van der Waals surface area contributed by atoms with E-state index >= 15 is 0 Å². The Morgan fingerprint density at radius 2 is 2.22 bits per heavy atom. The van der Waals surface area contributed by atoms with Gasteiger partial charge in [-0.3, -0.25) is 4.90 Å². The minimum Gasteiger partial charge on any atom is -0.390 e. The van der Waals surface area contributed by atoms with Gasteiger partial charge in [0.2, 0.25) is 0 Å². The Kier molecular flexibility index (Phi) is 2.95. The Morgan fingerprint density at radius 1 is 1.39 bits per heavy atom. The van der Waals surface area contributed by atoms with Crippen molar-refractivity contribution < 1.29 is 5.11 Å². The lowest BCUT2D eigenvalue weighted by atomic mass is 9.78. The first-order valence-electron chi connectivity index (χ1n) is 7.17. The number of rotatable bonds is 1. The van der Waals surface area contributed by atoms with Crippen molar-refractivity contribution >= 4 is 0 Å². The predicted octanol–water partition coefficient (Wildman–Crippen LogP) is 2.83. The van der Waals surface area contributed by atoms with Crippen LogP contribution in [0.25, 0.3) is 0 Å². The summed E-state index contributed by atoms with van der Waals surface area (Å²) in [6, 6.07) is 7.26. The lowest BCUT2D eigenvalue weighted by Crippen LogP contribution is -2.48. The fourth-order valence-electron chi connectivity index (χ4n) is 3.51. The normalized spacial score (nSPS) is 31.8. The summed E-state index contributed by atoms with van der Waals surface area (Å²) >= 11 is 0. The van der Waals surface area contributed by atoms with Gasteiger partial charge in [-0.25, -0.2) is 0 Å². The second kappa shape index (κ2) is 4.36. The summed E-state index contributed by atoms with van der Waals surface area (Å²) in [5.74, 6) is 0. The van der Waals surface area contributed by atoms with Crippen molar-refractivity contribution in [3.8, 4) is 0 Å². The molecule has 1 saturated heterocycles. The van der Waals surface area contributed by atoms with Gasteiger partial charge in [0.1, 0.15) is 0 Å². The molecule has 0 spiro atoms. The molecule has 2 heterocycles. The van der Waals surface area contributed by atoms with E-state index in [0.29, 0.717) is 6.04 Å². The minimum atomic E-state index is -0.445. The van der Waals surface area contributed by atoms with Crippen LogP contribution in [-0.2, 0) is 6.42 Å². The topological polar surface area (TPSA) is 23.5 Å². The van der Waals surface area contributed by atoms with Gasteiger partial charge in [-0.2, -0.15) is 0 Å². The van der Waals surface area contributed by atoms with Gasteiger partial charge in [-0.15, -0.1) is 0 Å². The highest BCUT2D eigenvalue weighted by atomic mass is 16.3. The molecule has 98 valence electrons. The van der Waals surface area contributed by atoms with Gasteiger partial charge in [0.15, 0.2) is 0 Å². The molecule has 2 aliphatic heterocycles. The van der Waals surface area contributed by atoms with Gasteiger partial charge in [-0.1, -0.05) is 30.7 Å². The highest BCUT2D eigenvalue weighted by Crippen LogP contribution is 2.41. The zero-order valence-corrected chi connectivity index (χ0v) is 11.4. The van der Waals surface area contributed by atoms with Gasteiger partial charge in [0.25, 0.3) is 0 Å². The van der Waals surface area contributed by atoms with E-state index in [-0.39, 0.29) is 0 Å². The van der Waals surface area contributed by atoms with Crippen LogP contribution in [0.1, 0.15) is 48.9 Å². The van der Waals surface area contributed by atoms with Crippen molar-refractivity contribution in [2.24, 2.45) is 0 Å². The van der Waals surface area contributed by atoms with Gasteiger partial charge in [0.05, 0.1) is 5.60 Å². The zero-order chi connectivity index (χ0) is 12.8. The standard InChI is InChI=1S/C16H23NO/c1-3-16(18)7-9-17-8-6-13-5-4-12(2)10-14(13)15(17)11-16/h4-5,10,15,18H,3,6-9,11H2,1-2H3/t15-,16-/m0/s1. The van der Waals surface area contributed by atoms with E-state index in [0.717, 1.165) is 38.8 Å². The Bertz CT molecular complexity index is 456. The summed E-state index contributed by atoms with van der Waals surface area (Å²) in [7, 11) is 0. The number of hydrogen-bond donors (Lipinski definition) is 1. The minimum absolute atomic E-state index is 0.437. The predicted molar refractivity (Wildman–Crippen MR) is 73.7 cm³/mol. The molecule has 1 N–H and O–H groups in total. The Labute approximate surface area is 110 Å². The van der Waals surface area contributed by atoms with Gasteiger partial charge >= 0.3 is 0 Å². The molecule has 1 fully saturated rings. The maximum absolute atomic E-state index is 10.6. The third kappa shape index (κ3) is 1.98. The molecule has 1 aromatic rings. The smallest absolute Gasteiger partial charge is 0.0675 e. The summed E-state index contributed by atoms with van der Waals surface area (Å²) in [6.45, 7) is 6.46. The molecule has 0 aromatic heterocycles. The lowest BCUT2D eigenvalue weighted by Gasteiger charge is -2.47. The number of piperidine rings is 1. The molecule has 0 bridgehead atoms. The number of benzene rings is 1. The van der Waals surface area contributed by atoms with E-state index in [1.807, 2.05) is 0 Å². The molecule has 0 aliphatic carbocycles. The van der Waals surface area contributed by atoms with Crippen molar-refractivity contribution in [2.75, 3.05) is 13.1 Å². The number of aliphatic hydroxyl groups is 1. The third-order valence-electron chi connectivity index (χ3n) is 4.87. The van der Waals surface area contributed by atoms with E-state index in [4.69, 9.17) is 0 Å². The molecule has 2 heteroatoms. The van der Waals surface area contributed by atoms with Crippen LogP contribution in [0.15, 0.2) is 18.2 Å². The first kappa shape index (κ1) is 12.2. The van der Waals surface area contributed by atoms with Crippen molar-refractivity contribution in [2.45, 2.75) is 51.2 Å². The van der Waals surface area contributed by atoms with Crippen LogP contribution in [0.5, 0.6) is 0 Å². The van der Waals surface area contributed by atoms with Crippen LogP contribution in [0.4, 0.5) is 0 Å². The van der Waals surface area contributed by atoms with E-state index < -0.39 is 5.60 Å². The largest absolute Gasteiger partial charge is 0.390 e. The number of hydrogen-bond acceptors (Lipinski definition) is 2. The molecule has 2 aliphatic rings. The summed E-state index contributed by atoms with van der Waals surface area (Å²) in [5, 5.41) is 10.6. The molecule has 1 aromatic carbocycles. The van der Waals surface area contributed by atoms with E-state index in [1.54, 1.807) is 0 Å². The molecule has 3 rings (SSSR count). The molecule has 18 heavy (non-hydrogen) atoms. The second-order valence-electron chi connectivity index (χ2n) is 6.04. The van der Waals surface area contributed by atoms with Crippen LogP contribution >= 0.6 is 0 Å². The Hall–Kier alpha value is -0.860. The van der Waals surface area contributed by atoms with Crippen molar-refractivity contribution in [3.63, 3.8) is 0 Å². The number of aryl methyl sites for hydroxylation is 1. The molecule has 0 amide bonds. The van der Waals surface area contributed by atoms with Crippen molar-refractivity contribution in [1.82, 2.24) is 4.90 Å². The molecule has 0 radical (unpaired) electrons. The Balaban J connectivity index is 1.96.